The molecule has 358 valence electrons. The van der Waals surface area contributed by atoms with Crippen LogP contribution in [0.4, 0.5) is 0 Å². The molecule has 0 radical (unpaired) electrons. The van der Waals surface area contributed by atoms with Crippen LogP contribution >= 0.6 is 0 Å². The molecule has 0 N–H and O–H groups in total. The van der Waals surface area contributed by atoms with Crippen LogP contribution in [0.5, 0.6) is 0 Å². The maximum atomic E-state index is 12.8. The van der Waals surface area contributed by atoms with E-state index in [1.54, 1.807) is 0 Å². The normalized spacial score (nSPS) is 12.9. The third-order valence-electron chi connectivity index (χ3n) is 10.6. The van der Waals surface area contributed by atoms with E-state index in [-0.39, 0.29) is 31.1 Å². The lowest BCUT2D eigenvalue weighted by Gasteiger charge is -2.18. The molecule has 6 heteroatoms. The van der Waals surface area contributed by atoms with Gasteiger partial charge in [-0.2, -0.15) is 0 Å². The second-order valence-electron chi connectivity index (χ2n) is 16.7. The minimum atomic E-state index is -0.799. The molecular weight excluding hydrogens is 781 g/mol. The van der Waals surface area contributed by atoms with Gasteiger partial charge in [-0.1, -0.05) is 195 Å². The number of hydrogen-bond donors (Lipinski definition) is 0. The highest BCUT2D eigenvalue weighted by Crippen LogP contribution is 2.13. The number of carbonyl (C=O) groups excluding carboxylic acids is 3. The van der Waals surface area contributed by atoms with Crippen LogP contribution in [0.1, 0.15) is 226 Å². The molecule has 0 amide bonds. The third-order valence-corrected chi connectivity index (χ3v) is 10.6. The van der Waals surface area contributed by atoms with Crippen LogP contribution in [0.15, 0.2) is 97.2 Å². The molecule has 0 aliphatic heterocycles. The van der Waals surface area contributed by atoms with Crippen molar-refractivity contribution < 1.29 is 28.6 Å². The van der Waals surface area contributed by atoms with E-state index >= 15 is 0 Å². The third kappa shape index (κ3) is 49.2. The van der Waals surface area contributed by atoms with E-state index < -0.39 is 6.10 Å². The van der Waals surface area contributed by atoms with Gasteiger partial charge in [0.25, 0.3) is 0 Å². The quantitative estimate of drug-likeness (QED) is 0.0199. The van der Waals surface area contributed by atoms with Crippen LogP contribution in [-0.4, -0.2) is 37.2 Å². The molecule has 0 rings (SSSR count). The fourth-order valence-corrected chi connectivity index (χ4v) is 6.75. The molecule has 0 saturated heterocycles. The lowest BCUT2D eigenvalue weighted by Crippen LogP contribution is -2.30. The Morgan fingerprint density at radius 1 is 0.349 bits per heavy atom. The summed E-state index contributed by atoms with van der Waals surface area (Å²) < 4.78 is 16.8. The Labute approximate surface area is 387 Å². The second kappa shape index (κ2) is 51.0. The lowest BCUT2D eigenvalue weighted by molar-refractivity contribution is -0.167. The summed E-state index contributed by atoms with van der Waals surface area (Å²) in [4.78, 5) is 38.0. The van der Waals surface area contributed by atoms with Crippen molar-refractivity contribution >= 4 is 17.9 Å². The minimum Gasteiger partial charge on any atom is -0.462 e. The first-order chi connectivity index (χ1) is 31.0. The van der Waals surface area contributed by atoms with Crippen molar-refractivity contribution in [2.75, 3.05) is 13.2 Å². The van der Waals surface area contributed by atoms with Gasteiger partial charge in [0.15, 0.2) is 6.10 Å². The zero-order valence-corrected chi connectivity index (χ0v) is 40.8. The van der Waals surface area contributed by atoms with Gasteiger partial charge in [0.1, 0.15) is 13.2 Å². The molecule has 0 fully saturated rings. The summed E-state index contributed by atoms with van der Waals surface area (Å²) >= 11 is 0. The molecule has 1 unspecified atom stereocenters. The topological polar surface area (TPSA) is 78.9 Å². The molecule has 0 aliphatic carbocycles. The van der Waals surface area contributed by atoms with Crippen molar-refractivity contribution in [1.82, 2.24) is 0 Å². The number of unbranched alkanes of at least 4 members (excludes halogenated alkanes) is 19. The molecule has 0 aliphatic rings. The molecule has 0 saturated carbocycles. The van der Waals surface area contributed by atoms with E-state index in [0.717, 1.165) is 135 Å². The highest BCUT2D eigenvalue weighted by Gasteiger charge is 2.19. The van der Waals surface area contributed by atoms with E-state index in [0.29, 0.717) is 19.3 Å². The Morgan fingerprint density at radius 3 is 1.06 bits per heavy atom. The zero-order valence-electron chi connectivity index (χ0n) is 40.8. The number of hydrogen-bond acceptors (Lipinski definition) is 6. The van der Waals surface area contributed by atoms with Crippen LogP contribution in [0, 0.1) is 0 Å². The molecule has 0 aromatic carbocycles. The average Bonchev–Trinajstić information content (AvgIpc) is 3.28. The van der Waals surface area contributed by atoms with Gasteiger partial charge in [0.05, 0.1) is 0 Å². The SMILES string of the molecule is CC/C=C\C/C=C\C/C=C\CCCCCCCCC(=O)OCC(COC(=O)CCCCCC/C=C\C/C=C\C/C=C\CC)OC(=O)CCCCCCCC/C=C\C=C/CCCCC. The molecule has 0 spiro atoms. The number of rotatable bonds is 45. The number of carbonyl (C=O) groups is 3. The summed E-state index contributed by atoms with van der Waals surface area (Å²) in [6, 6.07) is 0. The van der Waals surface area contributed by atoms with Crippen LogP contribution in [0.2, 0.25) is 0 Å². The Kier molecular flexibility index (Phi) is 48.0. The molecular formula is C57H94O6. The monoisotopic (exact) mass is 875 g/mol. The lowest BCUT2D eigenvalue weighted by atomic mass is 10.1. The molecule has 1 atom stereocenters. The summed E-state index contributed by atoms with van der Waals surface area (Å²) in [5.41, 5.74) is 0. The molecule has 0 bridgehead atoms. The fraction of sp³-hybridized carbons (Fsp3) is 0.667. The first-order valence-electron chi connectivity index (χ1n) is 25.8. The predicted molar refractivity (Wildman–Crippen MR) is 270 cm³/mol. The van der Waals surface area contributed by atoms with Gasteiger partial charge >= 0.3 is 17.9 Å². The highest BCUT2D eigenvalue weighted by molar-refractivity contribution is 5.71. The predicted octanol–water partition coefficient (Wildman–Crippen LogP) is 17.0. The van der Waals surface area contributed by atoms with Crippen molar-refractivity contribution in [1.29, 1.82) is 0 Å². The summed E-state index contributed by atoms with van der Waals surface area (Å²) in [6.45, 7) is 6.33. The second-order valence-corrected chi connectivity index (χ2v) is 16.7. The molecule has 0 aromatic heterocycles. The van der Waals surface area contributed by atoms with Crippen molar-refractivity contribution in [3.63, 3.8) is 0 Å². The van der Waals surface area contributed by atoms with Gasteiger partial charge in [-0.3, -0.25) is 14.4 Å². The largest absolute Gasteiger partial charge is 0.462 e. The van der Waals surface area contributed by atoms with E-state index in [2.05, 4.69) is 118 Å². The number of esters is 3. The molecule has 63 heavy (non-hydrogen) atoms. The van der Waals surface area contributed by atoms with Gasteiger partial charge in [-0.05, 0) is 109 Å². The Bertz CT molecular complexity index is 1280. The van der Waals surface area contributed by atoms with Crippen molar-refractivity contribution in [2.45, 2.75) is 232 Å². The van der Waals surface area contributed by atoms with Gasteiger partial charge in [-0.15, -0.1) is 0 Å². The number of allylic oxidation sites excluding steroid dienone is 16. The first kappa shape index (κ1) is 59.3. The van der Waals surface area contributed by atoms with Crippen LogP contribution in [0.3, 0.4) is 0 Å². The van der Waals surface area contributed by atoms with Crippen LogP contribution in [0.25, 0.3) is 0 Å². The van der Waals surface area contributed by atoms with Crippen LogP contribution < -0.4 is 0 Å². The number of ether oxygens (including phenoxy) is 3. The van der Waals surface area contributed by atoms with E-state index in [1.165, 1.54) is 51.4 Å². The van der Waals surface area contributed by atoms with Crippen molar-refractivity contribution in [3.8, 4) is 0 Å². The molecule has 0 aromatic rings. The van der Waals surface area contributed by atoms with Gasteiger partial charge in [-0.25, -0.2) is 0 Å². The first-order valence-corrected chi connectivity index (χ1v) is 25.8. The highest BCUT2D eigenvalue weighted by atomic mass is 16.6. The summed E-state index contributed by atoms with van der Waals surface area (Å²) in [7, 11) is 0. The van der Waals surface area contributed by atoms with Crippen LogP contribution in [-0.2, 0) is 28.6 Å². The summed E-state index contributed by atoms with van der Waals surface area (Å²) in [5, 5.41) is 0. The molecule has 0 heterocycles. The van der Waals surface area contributed by atoms with Crippen molar-refractivity contribution in [2.24, 2.45) is 0 Å². The van der Waals surface area contributed by atoms with E-state index in [1.807, 2.05) is 0 Å². The maximum absolute atomic E-state index is 12.8. The van der Waals surface area contributed by atoms with E-state index in [9.17, 15) is 14.4 Å². The Balaban J connectivity index is 4.47. The Hall–Kier alpha value is -3.67. The van der Waals surface area contributed by atoms with Gasteiger partial charge < -0.3 is 14.2 Å². The standard InChI is InChI=1S/C57H94O6/c1-4-7-10-13-16-19-22-25-28-30-32-35-38-41-44-47-50-56(59)62-53-54(52-61-55(58)49-46-43-40-37-34-31-27-24-21-18-15-12-9-6-3)63-57(60)51-48-45-42-39-36-33-29-26-23-20-17-14-11-8-5-2/h7,9-10,12,16-21,23,25-28,31,54H,4-6,8,11,13-15,22,24,29-30,32-53H2,1-3H3/b10-7-,12-9-,19-16-,20-17-,21-18-,26-23-,28-25-,31-27-. The fourth-order valence-electron chi connectivity index (χ4n) is 6.75. The Morgan fingerprint density at radius 2 is 0.667 bits per heavy atom. The van der Waals surface area contributed by atoms with Gasteiger partial charge in [0.2, 0.25) is 0 Å². The van der Waals surface area contributed by atoms with E-state index in [4.69, 9.17) is 14.2 Å². The zero-order chi connectivity index (χ0) is 45.8. The van der Waals surface area contributed by atoms with Gasteiger partial charge in [0, 0.05) is 19.3 Å². The van der Waals surface area contributed by atoms with Crippen molar-refractivity contribution in [3.05, 3.63) is 97.2 Å². The molecule has 6 nitrogen and oxygen atoms in total. The smallest absolute Gasteiger partial charge is 0.306 e. The summed E-state index contributed by atoms with van der Waals surface area (Å²) in [6.07, 6.45) is 66.7. The minimum absolute atomic E-state index is 0.0978. The average molecular weight is 875 g/mol. The maximum Gasteiger partial charge on any atom is 0.306 e. The summed E-state index contributed by atoms with van der Waals surface area (Å²) in [5.74, 6) is -0.947.